The molecule has 3 rings (SSSR count). The Labute approximate surface area is 184 Å². The second-order valence-corrected chi connectivity index (χ2v) is 8.62. The van der Waals surface area contributed by atoms with Gasteiger partial charge >= 0.3 is 0 Å². The molecule has 1 amide bonds. The number of carbonyl (C=O) groups is 1. The van der Waals surface area contributed by atoms with Gasteiger partial charge in [0.1, 0.15) is 5.75 Å². The summed E-state index contributed by atoms with van der Waals surface area (Å²) in [4.78, 5) is 13.8. The smallest absolute Gasteiger partial charge is 0.221 e. The van der Waals surface area contributed by atoms with Crippen molar-refractivity contribution in [3.8, 4) is 5.75 Å². The molecule has 0 radical (unpaired) electrons. The third-order valence-corrected chi connectivity index (χ3v) is 5.64. The van der Waals surface area contributed by atoms with Crippen LogP contribution in [0.3, 0.4) is 0 Å². The van der Waals surface area contributed by atoms with E-state index in [9.17, 15) is 4.79 Å². The van der Waals surface area contributed by atoms with Crippen LogP contribution in [0.1, 0.15) is 32.3 Å². The van der Waals surface area contributed by atoms with Crippen LogP contribution in [0.25, 0.3) is 0 Å². The van der Waals surface area contributed by atoms with Gasteiger partial charge in [0.05, 0.1) is 12.3 Å². The van der Waals surface area contributed by atoms with E-state index in [0.717, 1.165) is 55.5 Å². The molecule has 6 heteroatoms. The van der Waals surface area contributed by atoms with Gasteiger partial charge in [0.2, 0.25) is 5.91 Å². The van der Waals surface area contributed by atoms with E-state index < -0.39 is 0 Å². The van der Waals surface area contributed by atoms with Crippen LogP contribution in [0.2, 0.25) is 5.02 Å². The highest BCUT2D eigenvalue weighted by molar-refractivity contribution is 6.30. The van der Waals surface area contributed by atoms with Crippen LogP contribution in [-0.2, 0) is 11.3 Å². The van der Waals surface area contributed by atoms with Crippen molar-refractivity contribution in [1.82, 2.24) is 10.2 Å². The fraction of sp³-hybridized carbons (Fsp3) is 0.458. The summed E-state index contributed by atoms with van der Waals surface area (Å²) in [5, 5.41) is 7.31. The zero-order valence-electron chi connectivity index (χ0n) is 17.9. The minimum atomic E-state index is -0.0943. The molecular weight excluding hydrogens is 398 g/mol. The molecule has 0 aliphatic carbocycles. The minimum absolute atomic E-state index is 0.0943. The fourth-order valence-electron chi connectivity index (χ4n) is 3.69. The van der Waals surface area contributed by atoms with E-state index in [0.29, 0.717) is 18.6 Å². The summed E-state index contributed by atoms with van der Waals surface area (Å²) in [7, 11) is 0. The molecule has 0 aromatic heterocycles. The van der Waals surface area contributed by atoms with Gasteiger partial charge in [-0.05, 0) is 55.8 Å². The Morgan fingerprint density at radius 1 is 1.17 bits per heavy atom. The number of ether oxygens (including phenoxy) is 1. The number of anilines is 1. The molecule has 1 fully saturated rings. The van der Waals surface area contributed by atoms with Crippen molar-refractivity contribution in [3.05, 3.63) is 59.1 Å². The molecule has 1 aliphatic rings. The maximum atomic E-state index is 11.3. The Bertz CT molecular complexity index is 804. The summed E-state index contributed by atoms with van der Waals surface area (Å²) in [6.45, 7) is 8.42. The molecule has 5 nitrogen and oxygen atoms in total. The zero-order chi connectivity index (χ0) is 21.3. The lowest BCUT2D eigenvalue weighted by atomic mass is 10.0. The number of hydrogen-bond acceptors (Lipinski definition) is 4. The summed E-state index contributed by atoms with van der Waals surface area (Å²) in [5.41, 5.74) is 2.04. The average molecular weight is 430 g/mol. The maximum Gasteiger partial charge on any atom is 0.221 e. The number of hydrogen-bond donors (Lipinski definition) is 2. The molecule has 1 atom stereocenters. The van der Waals surface area contributed by atoms with Gasteiger partial charge < -0.3 is 15.4 Å². The molecular formula is C24H32ClN3O2. The van der Waals surface area contributed by atoms with Crippen molar-refractivity contribution in [3.63, 3.8) is 0 Å². The highest BCUT2D eigenvalue weighted by Crippen LogP contribution is 2.24. The van der Waals surface area contributed by atoms with Crippen LogP contribution in [0.15, 0.2) is 48.5 Å². The van der Waals surface area contributed by atoms with Gasteiger partial charge in [0, 0.05) is 37.0 Å². The van der Waals surface area contributed by atoms with Crippen molar-refractivity contribution < 1.29 is 9.53 Å². The van der Waals surface area contributed by atoms with E-state index in [-0.39, 0.29) is 5.91 Å². The third kappa shape index (κ3) is 7.31. The summed E-state index contributed by atoms with van der Waals surface area (Å²) in [6.07, 6.45) is 2.32. The molecule has 0 bridgehead atoms. The lowest BCUT2D eigenvalue weighted by molar-refractivity contribution is -0.114. The maximum absolute atomic E-state index is 11.3. The highest BCUT2D eigenvalue weighted by atomic mass is 35.5. The molecule has 2 N–H and O–H groups in total. The predicted molar refractivity (Wildman–Crippen MR) is 123 cm³/mol. The van der Waals surface area contributed by atoms with Crippen LogP contribution >= 0.6 is 11.6 Å². The topological polar surface area (TPSA) is 53.6 Å². The van der Waals surface area contributed by atoms with E-state index >= 15 is 0 Å². The largest absolute Gasteiger partial charge is 0.491 e. The Hall–Kier alpha value is -2.08. The fourth-order valence-corrected chi connectivity index (χ4v) is 3.81. The number of halogens is 1. The number of para-hydroxylation sites is 2. The highest BCUT2D eigenvalue weighted by Gasteiger charge is 2.19. The predicted octanol–water partition coefficient (Wildman–Crippen LogP) is 4.57. The normalized spacial score (nSPS) is 16.2. The van der Waals surface area contributed by atoms with Crippen LogP contribution in [0.4, 0.5) is 5.69 Å². The third-order valence-electron chi connectivity index (χ3n) is 5.38. The first-order valence-electron chi connectivity index (χ1n) is 10.7. The number of rotatable bonds is 9. The van der Waals surface area contributed by atoms with Gasteiger partial charge in [-0.1, -0.05) is 42.8 Å². The van der Waals surface area contributed by atoms with Crippen molar-refractivity contribution in [1.29, 1.82) is 0 Å². The van der Waals surface area contributed by atoms with Gasteiger partial charge in [-0.3, -0.25) is 9.69 Å². The first kappa shape index (κ1) is 22.6. The van der Waals surface area contributed by atoms with Crippen molar-refractivity contribution >= 4 is 23.2 Å². The van der Waals surface area contributed by atoms with Gasteiger partial charge in [-0.2, -0.15) is 0 Å². The zero-order valence-corrected chi connectivity index (χ0v) is 18.6. The molecule has 162 valence electrons. The van der Waals surface area contributed by atoms with Crippen LogP contribution < -0.4 is 15.4 Å². The van der Waals surface area contributed by atoms with E-state index in [2.05, 4.69) is 34.6 Å². The summed E-state index contributed by atoms with van der Waals surface area (Å²) < 4.78 is 5.96. The van der Waals surface area contributed by atoms with Gasteiger partial charge in [0.15, 0.2) is 0 Å². The molecule has 1 saturated heterocycles. The van der Waals surface area contributed by atoms with Gasteiger partial charge in [-0.25, -0.2) is 0 Å². The molecule has 30 heavy (non-hydrogen) atoms. The molecule has 0 spiro atoms. The number of carbonyl (C=O) groups excluding carboxylic acids is 1. The molecule has 2 aromatic rings. The number of benzene rings is 2. The van der Waals surface area contributed by atoms with Crippen molar-refractivity contribution in [2.75, 3.05) is 31.6 Å². The molecule has 1 heterocycles. The summed E-state index contributed by atoms with van der Waals surface area (Å²) >= 11 is 5.97. The lowest BCUT2D eigenvalue weighted by Crippen LogP contribution is -2.43. The standard InChI is InChI=1S/C24H32ClN3O2/c1-18(17-30-24-6-4-3-5-23(24)27-19(2)29)15-26-22-11-13-28(14-12-22)16-20-7-9-21(25)10-8-20/h3-10,18,22,26H,11-17H2,1-2H3,(H,27,29)/t18-/m1/s1. The van der Waals surface area contributed by atoms with E-state index in [1.807, 2.05) is 36.4 Å². The van der Waals surface area contributed by atoms with Crippen molar-refractivity contribution in [2.24, 2.45) is 5.92 Å². The molecule has 0 saturated carbocycles. The SMILES string of the molecule is CC(=O)Nc1ccccc1OC[C@H](C)CNC1CCN(Cc2ccc(Cl)cc2)CC1. The van der Waals surface area contributed by atoms with Crippen LogP contribution in [0.5, 0.6) is 5.75 Å². The quantitative estimate of drug-likeness (QED) is 0.613. The van der Waals surface area contributed by atoms with Crippen LogP contribution in [-0.4, -0.2) is 43.1 Å². The minimum Gasteiger partial charge on any atom is -0.491 e. The average Bonchev–Trinajstić information content (AvgIpc) is 2.74. The number of nitrogens with zero attached hydrogens (tertiary/aromatic N) is 1. The number of nitrogens with one attached hydrogen (secondary N) is 2. The van der Waals surface area contributed by atoms with Gasteiger partial charge in [-0.15, -0.1) is 0 Å². The molecule has 2 aromatic carbocycles. The second kappa shape index (κ2) is 11.3. The van der Waals surface area contributed by atoms with E-state index in [1.165, 1.54) is 12.5 Å². The monoisotopic (exact) mass is 429 g/mol. The van der Waals surface area contributed by atoms with Crippen molar-refractivity contribution in [2.45, 2.75) is 39.3 Å². The van der Waals surface area contributed by atoms with Gasteiger partial charge in [0.25, 0.3) is 0 Å². The first-order chi connectivity index (χ1) is 14.5. The number of likely N-dealkylation sites (tertiary alicyclic amines) is 1. The Morgan fingerprint density at radius 2 is 1.87 bits per heavy atom. The van der Waals surface area contributed by atoms with E-state index in [4.69, 9.17) is 16.3 Å². The molecule has 0 unspecified atom stereocenters. The van der Waals surface area contributed by atoms with E-state index in [1.54, 1.807) is 0 Å². The van der Waals surface area contributed by atoms with Crippen LogP contribution in [0, 0.1) is 5.92 Å². The summed E-state index contributed by atoms with van der Waals surface area (Å²) in [6, 6.07) is 16.3. The lowest BCUT2D eigenvalue weighted by Gasteiger charge is -2.33. The Kier molecular flexibility index (Phi) is 8.55. The number of piperidine rings is 1. The number of amides is 1. The molecule has 1 aliphatic heterocycles. The first-order valence-corrected chi connectivity index (χ1v) is 11.1. The Balaban J connectivity index is 1.35. The second-order valence-electron chi connectivity index (χ2n) is 8.18. The Morgan fingerprint density at radius 3 is 2.57 bits per heavy atom. The summed E-state index contributed by atoms with van der Waals surface area (Å²) in [5.74, 6) is 1.00.